The smallest absolute Gasteiger partial charge is 0.318 e. The number of urea groups is 1. The number of nitrogens with one attached hydrogen (secondary N) is 2. The second-order valence-electron chi connectivity index (χ2n) is 6.73. The molecule has 1 saturated heterocycles. The number of fused-ring (bicyclic) bond motifs is 1. The van der Waals surface area contributed by atoms with Crippen molar-refractivity contribution >= 4 is 11.9 Å². The summed E-state index contributed by atoms with van der Waals surface area (Å²) in [6.45, 7) is 2.37. The monoisotopic (exact) mass is 333 g/mol. The zero-order chi connectivity index (χ0) is 17.1. The lowest BCUT2D eigenvalue weighted by atomic mass is 9.87. The topological polar surface area (TPSA) is 61.4 Å². The summed E-state index contributed by atoms with van der Waals surface area (Å²) in [6.07, 6.45) is 4.45. The van der Waals surface area contributed by atoms with Crippen LogP contribution in [-0.4, -0.2) is 42.0 Å². The van der Waals surface area contributed by atoms with E-state index in [9.17, 15) is 14.0 Å². The number of hydrogen-bond donors (Lipinski definition) is 2. The Labute approximate surface area is 141 Å². The Morgan fingerprint density at radius 1 is 1.38 bits per heavy atom. The van der Waals surface area contributed by atoms with Crippen LogP contribution < -0.4 is 10.6 Å². The molecule has 130 valence electrons. The van der Waals surface area contributed by atoms with Crippen molar-refractivity contribution in [2.24, 2.45) is 0 Å². The highest BCUT2D eigenvalue weighted by Gasteiger charge is 2.38. The van der Waals surface area contributed by atoms with Crippen molar-refractivity contribution in [2.45, 2.75) is 51.1 Å². The molecule has 0 radical (unpaired) electrons. The van der Waals surface area contributed by atoms with Gasteiger partial charge in [-0.05, 0) is 37.8 Å². The summed E-state index contributed by atoms with van der Waals surface area (Å²) in [5, 5.41) is 5.83. The zero-order valence-electron chi connectivity index (χ0n) is 14.0. The van der Waals surface area contributed by atoms with Gasteiger partial charge >= 0.3 is 6.03 Å². The quantitative estimate of drug-likeness (QED) is 0.890. The second kappa shape index (κ2) is 7.20. The maximum atomic E-state index is 13.7. The molecule has 5 nitrogen and oxygen atoms in total. The van der Waals surface area contributed by atoms with Crippen LogP contribution in [0.1, 0.15) is 36.8 Å². The SMILES string of the molecule is Cc1ccc(F)c(CCNC(=O)N2CC(=O)NC3CCCCC32)c1. The molecule has 3 rings (SSSR count). The first-order valence-electron chi connectivity index (χ1n) is 8.63. The van der Waals surface area contributed by atoms with E-state index in [4.69, 9.17) is 0 Å². The number of halogens is 1. The lowest BCUT2D eigenvalue weighted by Crippen LogP contribution is -2.64. The molecule has 0 aromatic heterocycles. The van der Waals surface area contributed by atoms with Gasteiger partial charge in [0.25, 0.3) is 0 Å². The van der Waals surface area contributed by atoms with Crippen molar-refractivity contribution < 1.29 is 14.0 Å². The van der Waals surface area contributed by atoms with Crippen LogP contribution >= 0.6 is 0 Å². The van der Waals surface area contributed by atoms with Gasteiger partial charge < -0.3 is 15.5 Å². The number of hydrogen-bond acceptors (Lipinski definition) is 2. The van der Waals surface area contributed by atoms with Crippen LogP contribution in [0.2, 0.25) is 0 Å². The van der Waals surface area contributed by atoms with Crippen molar-refractivity contribution in [3.05, 3.63) is 35.1 Å². The molecule has 1 aliphatic carbocycles. The summed E-state index contributed by atoms with van der Waals surface area (Å²) in [5.41, 5.74) is 1.60. The number of carbonyl (C=O) groups excluding carboxylic acids is 2. The van der Waals surface area contributed by atoms with Gasteiger partial charge in [0.2, 0.25) is 5.91 Å². The summed E-state index contributed by atoms with van der Waals surface area (Å²) in [4.78, 5) is 26.0. The highest BCUT2D eigenvalue weighted by molar-refractivity contribution is 5.86. The van der Waals surface area contributed by atoms with Gasteiger partial charge in [-0.15, -0.1) is 0 Å². The molecular weight excluding hydrogens is 309 g/mol. The maximum absolute atomic E-state index is 13.7. The molecule has 2 aliphatic rings. The van der Waals surface area contributed by atoms with E-state index in [1.54, 1.807) is 17.0 Å². The van der Waals surface area contributed by atoms with Gasteiger partial charge in [0.15, 0.2) is 0 Å². The second-order valence-corrected chi connectivity index (χ2v) is 6.73. The minimum atomic E-state index is -0.250. The highest BCUT2D eigenvalue weighted by Crippen LogP contribution is 2.25. The Hall–Kier alpha value is -2.11. The molecule has 0 spiro atoms. The summed E-state index contributed by atoms with van der Waals surface area (Å²) in [7, 11) is 0. The van der Waals surface area contributed by atoms with Gasteiger partial charge in [0.05, 0.1) is 6.04 Å². The number of aryl methyl sites for hydroxylation is 1. The molecule has 2 unspecified atom stereocenters. The molecule has 1 aliphatic heterocycles. The first-order chi connectivity index (χ1) is 11.5. The molecular formula is C18H24FN3O2. The van der Waals surface area contributed by atoms with Gasteiger partial charge in [-0.1, -0.05) is 30.5 Å². The summed E-state index contributed by atoms with van der Waals surface area (Å²) >= 11 is 0. The number of rotatable bonds is 3. The van der Waals surface area contributed by atoms with Crippen LogP contribution in [-0.2, 0) is 11.2 Å². The molecule has 2 N–H and O–H groups in total. The third kappa shape index (κ3) is 3.68. The summed E-state index contributed by atoms with van der Waals surface area (Å²) < 4.78 is 13.7. The number of nitrogens with zero attached hydrogens (tertiary/aromatic N) is 1. The molecule has 1 saturated carbocycles. The van der Waals surface area contributed by atoms with E-state index in [2.05, 4.69) is 10.6 Å². The van der Waals surface area contributed by atoms with Gasteiger partial charge in [0.1, 0.15) is 12.4 Å². The first kappa shape index (κ1) is 16.7. The van der Waals surface area contributed by atoms with E-state index in [0.717, 1.165) is 31.2 Å². The van der Waals surface area contributed by atoms with Crippen molar-refractivity contribution in [3.63, 3.8) is 0 Å². The Bertz CT molecular complexity index is 635. The predicted octanol–water partition coefficient (Wildman–Crippen LogP) is 2.13. The standard InChI is InChI=1S/C18H24FN3O2/c1-12-6-7-14(19)13(10-12)8-9-20-18(24)22-11-17(23)21-15-4-2-3-5-16(15)22/h6-7,10,15-16H,2-5,8-9,11H2,1H3,(H,20,24)(H,21,23). The van der Waals surface area contributed by atoms with Crippen LogP contribution in [0.25, 0.3) is 0 Å². The molecule has 6 heteroatoms. The Morgan fingerprint density at radius 2 is 2.17 bits per heavy atom. The minimum Gasteiger partial charge on any atom is -0.350 e. The fraction of sp³-hybridized carbons (Fsp3) is 0.556. The number of carbonyl (C=O) groups is 2. The largest absolute Gasteiger partial charge is 0.350 e. The van der Waals surface area contributed by atoms with Crippen LogP contribution in [0.3, 0.4) is 0 Å². The third-order valence-corrected chi connectivity index (χ3v) is 4.92. The lowest BCUT2D eigenvalue weighted by Gasteiger charge is -2.43. The van der Waals surface area contributed by atoms with Crippen LogP contribution in [0, 0.1) is 12.7 Å². The van der Waals surface area contributed by atoms with Gasteiger partial charge in [0, 0.05) is 12.6 Å². The van der Waals surface area contributed by atoms with E-state index in [-0.39, 0.29) is 36.4 Å². The normalized spacial score (nSPS) is 23.4. The summed E-state index contributed by atoms with van der Waals surface area (Å²) in [6, 6.07) is 4.90. The Balaban J connectivity index is 1.57. The molecule has 2 atom stereocenters. The molecule has 3 amide bonds. The van der Waals surface area contributed by atoms with Gasteiger partial charge in [-0.25, -0.2) is 9.18 Å². The molecule has 2 fully saturated rings. The van der Waals surface area contributed by atoms with Gasteiger partial charge in [-0.2, -0.15) is 0 Å². The van der Waals surface area contributed by atoms with Crippen molar-refractivity contribution in [1.82, 2.24) is 15.5 Å². The molecule has 1 aromatic rings. The molecule has 0 bridgehead atoms. The fourth-order valence-corrected chi connectivity index (χ4v) is 3.70. The average Bonchev–Trinajstić information content (AvgIpc) is 2.57. The van der Waals surface area contributed by atoms with Crippen molar-refractivity contribution in [3.8, 4) is 0 Å². The predicted molar refractivity (Wildman–Crippen MR) is 89.1 cm³/mol. The van der Waals surface area contributed by atoms with Crippen molar-refractivity contribution in [2.75, 3.05) is 13.1 Å². The third-order valence-electron chi connectivity index (χ3n) is 4.92. The summed E-state index contributed by atoms with van der Waals surface area (Å²) in [5.74, 6) is -0.349. The number of amides is 3. The average molecular weight is 333 g/mol. The lowest BCUT2D eigenvalue weighted by molar-refractivity contribution is -0.126. The number of benzene rings is 1. The van der Waals surface area contributed by atoms with E-state index in [1.165, 1.54) is 6.07 Å². The maximum Gasteiger partial charge on any atom is 0.318 e. The van der Waals surface area contributed by atoms with E-state index in [1.807, 2.05) is 6.92 Å². The van der Waals surface area contributed by atoms with E-state index >= 15 is 0 Å². The minimum absolute atomic E-state index is 0.0694. The fourth-order valence-electron chi connectivity index (χ4n) is 3.70. The molecule has 24 heavy (non-hydrogen) atoms. The van der Waals surface area contributed by atoms with E-state index in [0.29, 0.717) is 18.5 Å². The van der Waals surface area contributed by atoms with Crippen LogP contribution in [0.4, 0.5) is 9.18 Å². The van der Waals surface area contributed by atoms with E-state index < -0.39 is 0 Å². The Morgan fingerprint density at radius 3 is 3.00 bits per heavy atom. The molecule has 1 heterocycles. The highest BCUT2D eigenvalue weighted by atomic mass is 19.1. The Kier molecular flexibility index (Phi) is 5.02. The van der Waals surface area contributed by atoms with Gasteiger partial charge in [-0.3, -0.25) is 4.79 Å². The van der Waals surface area contributed by atoms with Crippen molar-refractivity contribution in [1.29, 1.82) is 0 Å². The first-order valence-corrected chi connectivity index (χ1v) is 8.63. The van der Waals surface area contributed by atoms with Crippen LogP contribution in [0.15, 0.2) is 18.2 Å². The van der Waals surface area contributed by atoms with Crippen LogP contribution in [0.5, 0.6) is 0 Å². The number of piperazine rings is 1. The molecule has 1 aromatic carbocycles. The zero-order valence-corrected chi connectivity index (χ0v) is 14.0.